The molecule has 5 nitrogen and oxygen atoms in total. The molecule has 4 aromatic rings. The molecule has 5 rings (SSSR count). The molecule has 0 atom stereocenters. The van der Waals surface area contributed by atoms with Crippen LogP contribution in [0.25, 0.3) is 22.6 Å². The smallest absolute Gasteiger partial charge is 0.261 e. The summed E-state index contributed by atoms with van der Waals surface area (Å²) in [6.07, 6.45) is 2.85. The van der Waals surface area contributed by atoms with Crippen molar-refractivity contribution in [3.63, 3.8) is 0 Å². The Kier molecular flexibility index (Phi) is 4.66. The third-order valence-electron chi connectivity index (χ3n) is 4.90. The first-order chi connectivity index (χ1) is 14.2. The minimum absolute atomic E-state index is 0.0177. The standard InChI is InChI=1S/C22H16ClN3O2S/c23-16-3-6-19-20(10-16)25-21-15(7-8-26(21)22(19)27)9-14-1-4-18(5-2-14)28-11-17-12-29-13-24-17/h1-6,9-10,12-13H,7-8,11H2/b15-9+. The topological polar surface area (TPSA) is 57.0 Å². The van der Waals surface area contributed by atoms with Crippen LogP contribution in [0, 0.1) is 0 Å². The Balaban J connectivity index is 1.42. The normalized spacial score (nSPS) is 14.4. The monoisotopic (exact) mass is 421 g/mol. The molecule has 2 aromatic heterocycles. The van der Waals surface area contributed by atoms with Crippen molar-refractivity contribution >= 4 is 45.5 Å². The maximum atomic E-state index is 12.8. The van der Waals surface area contributed by atoms with E-state index in [1.807, 2.05) is 29.6 Å². The summed E-state index contributed by atoms with van der Waals surface area (Å²) < 4.78 is 7.50. The van der Waals surface area contributed by atoms with E-state index < -0.39 is 0 Å². The summed E-state index contributed by atoms with van der Waals surface area (Å²) >= 11 is 7.64. The number of nitrogens with zero attached hydrogens (tertiary/aromatic N) is 3. The molecule has 2 aromatic carbocycles. The molecule has 0 fully saturated rings. The van der Waals surface area contributed by atoms with Gasteiger partial charge in [-0.2, -0.15) is 0 Å². The summed E-state index contributed by atoms with van der Waals surface area (Å²) in [4.78, 5) is 21.7. The zero-order chi connectivity index (χ0) is 19.8. The number of halogens is 1. The summed E-state index contributed by atoms with van der Waals surface area (Å²) in [7, 11) is 0. The molecule has 144 valence electrons. The van der Waals surface area contributed by atoms with Crippen LogP contribution in [-0.4, -0.2) is 14.5 Å². The number of aromatic nitrogens is 3. The van der Waals surface area contributed by atoms with Crippen LogP contribution in [0.5, 0.6) is 5.75 Å². The van der Waals surface area contributed by atoms with E-state index in [0.717, 1.165) is 29.0 Å². The number of rotatable bonds is 4. The molecule has 0 saturated heterocycles. The highest BCUT2D eigenvalue weighted by Crippen LogP contribution is 2.28. The molecule has 0 N–H and O–H groups in total. The summed E-state index contributed by atoms with van der Waals surface area (Å²) in [6.45, 7) is 1.10. The fraction of sp³-hybridized carbons (Fsp3) is 0.136. The van der Waals surface area contributed by atoms with Crippen molar-refractivity contribution in [3.8, 4) is 5.75 Å². The van der Waals surface area contributed by atoms with Crippen LogP contribution in [0.1, 0.15) is 23.5 Å². The van der Waals surface area contributed by atoms with E-state index in [2.05, 4.69) is 11.1 Å². The Morgan fingerprint density at radius 3 is 2.86 bits per heavy atom. The van der Waals surface area contributed by atoms with Gasteiger partial charge in [0, 0.05) is 16.9 Å². The third-order valence-corrected chi connectivity index (χ3v) is 5.77. The second-order valence-corrected chi connectivity index (χ2v) is 7.97. The van der Waals surface area contributed by atoms with Gasteiger partial charge in [-0.05, 0) is 54.0 Å². The molecule has 0 unspecified atom stereocenters. The predicted octanol–water partition coefficient (Wildman–Crippen LogP) is 5.03. The van der Waals surface area contributed by atoms with E-state index in [4.69, 9.17) is 21.3 Å². The van der Waals surface area contributed by atoms with E-state index in [9.17, 15) is 4.79 Å². The van der Waals surface area contributed by atoms with Gasteiger partial charge < -0.3 is 4.74 Å². The van der Waals surface area contributed by atoms with Gasteiger partial charge in [-0.3, -0.25) is 9.36 Å². The van der Waals surface area contributed by atoms with Gasteiger partial charge in [0.15, 0.2) is 0 Å². The lowest BCUT2D eigenvalue weighted by atomic mass is 10.1. The fourth-order valence-corrected chi connectivity index (χ4v) is 4.16. The van der Waals surface area contributed by atoms with Crippen molar-refractivity contribution in [2.75, 3.05) is 0 Å². The maximum Gasteiger partial charge on any atom is 0.261 e. The average molecular weight is 422 g/mol. The van der Waals surface area contributed by atoms with Gasteiger partial charge in [-0.15, -0.1) is 11.3 Å². The van der Waals surface area contributed by atoms with Crippen molar-refractivity contribution in [1.29, 1.82) is 0 Å². The first-order valence-corrected chi connectivity index (χ1v) is 10.5. The van der Waals surface area contributed by atoms with Gasteiger partial charge in [0.2, 0.25) is 0 Å². The molecule has 0 amide bonds. The van der Waals surface area contributed by atoms with Crippen LogP contribution in [0.2, 0.25) is 5.02 Å². The molecule has 0 bridgehead atoms. The van der Waals surface area contributed by atoms with E-state index in [1.54, 1.807) is 39.6 Å². The zero-order valence-electron chi connectivity index (χ0n) is 15.3. The largest absolute Gasteiger partial charge is 0.487 e. The lowest BCUT2D eigenvalue weighted by Crippen LogP contribution is -2.20. The number of benzene rings is 2. The average Bonchev–Trinajstić information content (AvgIpc) is 3.38. The van der Waals surface area contributed by atoms with Crippen LogP contribution in [-0.2, 0) is 13.2 Å². The second-order valence-electron chi connectivity index (χ2n) is 6.81. The quantitative estimate of drug-likeness (QED) is 0.463. The molecule has 1 aliphatic heterocycles. The maximum absolute atomic E-state index is 12.8. The van der Waals surface area contributed by atoms with E-state index in [1.165, 1.54) is 0 Å². The number of hydrogen-bond donors (Lipinski definition) is 0. The van der Waals surface area contributed by atoms with Crippen LogP contribution in [0.3, 0.4) is 0 Å². The minimum atomic E-state index is -0.0177. The third kappa shape index (κ3) is 3.57. The Morgan fingerprint density at radius 1 is 1.21 bits per heavy atom. The second kappa shape index (κ2) is 7.46. The Morgan fingerprint density at radius 2 is 2.07 bits per heavy atom. The predicted molar refractivity (Wildman–Crippen MR) is 116 cm³/mol. The van der Waals surface area contributed by atoms with Gasteiger partial charge in [-0.25, -0.2) is 9.97 Å². The number of fused-ring (bicyclic) bond motifs is 2. The van der Waals surface area contributed by atoms with Gasteiger partial charge in [0.1, 0.15) is 18.2 Å². The van der Waals surface area contributed by atoms with Gasteiger partial charge in [0.05, 0.1) is 22.1 Å². The Bertz CT molecular complexity index is 1280. The number of thiazole rings is 1. The Labute approximate surface area is 175 Å². The van der Waals surface area contributed by atoms with Crippen molar-refractivity contribution in [3.05, 3.63) is 85.8 Å². The summed E-state index contributed by atoms with van der Waals surface area (Å²) in [5.41, 5.74) is 5.41. The van der Waals surface area contributed by atoms with Crippen molar-refractivity contribution in [2.45, 2.75) is 19.6 Å². The lowest BCUT2D eigenvalue weighted by Gasteiger charge is -2.06. The first kappa shape index (κ1) is 18.1. The van der Waals surface area contributed by atoms with E-state index in [-0.39, 0.29) is 5.56 Å². The SMILES string of the molecule is O=c1c2ccc(Cl)cc2nc2n1CC/C2=C\c1ccc(OCc2cscn2)cc1. The highest BCUT2D eigenvalue weighted by molar-refractivity contribution is 7.07. The first-order valence-electron chi connectivity index (χ1n) is 9.18. The highest BCUT2D eigenvalue weighted by Gasteiger charge is 2.20. The van der Waals surface area contributed by atoms with Gasteiger partial charge in [-0.1, -0.05) is 23.7 Å². The molecule has 3 heterocycles. The summed E-state index contributed by atoms with van der Waals surface area (Å²) in [6, 6.07) is 13.1. The molecule has 29 heavy (non-hydrogen) atoms. The number of allylic oxidation sites excluding steroid dienone is 1. The van der Waals surface area contributed by atoms with Gasteiger partial charge in [0.25, 0.3) is 5.56 Å². The van der Waals surface area contributed by atoms with E-state index >= 15 is 0 Å². The molecule has 0 radical (unpaired) electrons. The van der Waals surface area contributed by atoms with Crippen molar-refractivity contribution in [1.82, 2.24) is 14.5 Å². The zero-order valence-corrected chi connectivity index (χ0v) is 16.9. The number of ether oxygens (including phenoxy) is 1. The summed E-state index contributed by atoms with van der Waals surface area (Å²) in [5, 5.41) is 3.15. The molecule has 7 heteroatoms. The van der Waals surface area contributed by atoms with Crippen molar-refractivity contribution < 1.29 is 4.74 Å². The van der Waals surface area contributed by atoms with Crippen LogP contribution in [0.15, 0.2) is 58.1 Å². The minimum Gasteiger partial charge on any atom is -0.487 e. The van der Waals surface area contributed by atoms with Crippen LogP contribution < -0.4 is 10.3 Å². The molecule has 0 aliphatic carbocycles. The van der Waals surface area contributed by atoms with Crippen LogP contribution >= 0.6 is 22.9 Å². The molecule has 1 aliphatic rings. The van der Waals surface area contributed by atoms with Crippen molar-refractivity contribution in [2.24, 2.45) is 0 Å². The molecule has 0 spiro atoms. The Hall–Kier alpha value is -2.96. The van der Waals surface area contributed by atoms with Gasteiger partial charge >= 0.3 is 0 Å². The summed E-state index contributed by atoms with van der Waals surface area (Å²) in [5.74, 6) is 1.51. The lowest BCUT2D eigenvalue weighted by molar-refractivity contribution is 0.302. The molecular formula is C22H16ClN3O2S. The number of hydrogen-bond acceptors (Lipinski definition) is 5. The highest BCUT2D eigenvalue weighted by atomic mass is 35.5. The van der Waals surface area contributed by atoms with Crippen LogP contribution in [0.4, 0.5) is 0 Å². The van der Waals surface area contributed by atoms with E-state index in [0.29, 0.717) is 34.9 Å². The molecule has 0 saturated carbocycles. The molecular weight excluding hydrogens is 406 g/mol. The fourth-order valence-electron chi connectivity index (χ4n) is 3.46.